The molecule has 0 saturated heterocycles. The van der Waals surface area contributed by atoms with E-state index in [4.69, 9.17) is 10.9 Å². The smallest absolute Gasteiger partial charge is 0.254 e. The number of rotatable bonds is 8. The molecule has 1 heterocycles. The van der Waals surface area contributed by atoms with Gasteiger partial charge in [0, 0.05) is 36.1 Å². The van der Waals surface area contributed by atoms with Crippen molar-refractivity contribution in [2.24, 2.45) is 11.1 Å². The van der Waals surface area contributed by atoms with E-state index in [-0.39, 0.29) is 5.91 Å². The second-order valence-corrected chi connectivity index (χ2v) is 9.08. The highest BCUT2D eigenvalue weighted by atomic mass is 19.1. The number of methoxy groups -OCH3 is 1. The number of fused-ring (bicyclic) bond motifs is 1. The van der Waals surface area contributed by atoms with Crippen molar-refractivity contribution in [2.75, 3.05) is 19.1 Å². The largest absolute Gasteiger partial charge is 0.496 e. The van der Waals surface area contributed by atoms with E-state index in [1.807, 2.05) is 5.73 Å². The molecule has 0 bridgehead atoms. The van der Waals surface area contributed by atoms with Crippen LogP contribution >= 0.6 is 0 Å². The lowest BCUT2D eigenvalue weighted by Crippen LogP contribution is -2.41. The minimum absolute atomic E-state index is 0.313. The molecule has 0 spiro atoms. The second kappa shape index (κ2) is 10.1. The number of pyridine rings is 1. The maximum atomic E-state index is 13.6. The maximum Gasteiger partial charge on any atom is 0.254 e. The lowest BCUT2D eigenvalue weighted by molar-refractivity contribution is -0.133. The van der Waals surface area contributed by atoms with Crippen molar-refractivity contribution in [1.29, 1.82) is 0 Å². The number of hydrogen-bond donors (Lipinski definition) is 2. The van der Waals surface area contributed by atoms with Crippen molar-refractivity contribution in [1.82, 2.24) is 10.3 Å². The fourth-order valence-electron chi connectivity index (χ4n) is 4.36. The van der Waals surface area contributed by atoms with Crippen LogP contribution in [0.5, 0.6) is 17.2 Å². The topological polar surface area (TPSA) is 124 Å². The Morgan fingerprint density at radius 1 is 1.03 bits per heavy atom. The summed E-state index contributed by atoms with van der Waals surface area (Å²) in [6, 6.07) is 16.9. The van der Waals surface area contributed by atoms with Gasteiger partial charge in [0.25, 0.3) is 5.91 Å². The monoisotopic (exact) mass is 529 g/mol. The number of anilines is 2. The van der Waals surface area contributed by atoms with Crippen molar-refractivity contribution in [3.8, 4) is 17.2 Å². The van der Waals surface area contributed by atoms with Gasteiger partial charge in [-0.1, -0.05) is 0 Å². The Balaban J connectivity index is 1.49. The molecule has 1 aliphatic carbocycles. The lowest BCUT2D eigenvalue weighted by Gasteiger charge is -2.26. The van der Waals surface area contributed by atoms with Crippen LogP contribution in [0.25, 0.3) is 10.9 Å². The van der Waals surface area contributed by atoms with Crippen LogP contribution < -0.4 is 25.4 Å². The summed E-state index contributed by atoms with van der Waals surface area (Å²) in [6.45, 7) is 0. The first-order valence-corrected chi connectivity index (χ1v) is 12.1. The molecule has 1 fully saturated rings. The van der Waals surface area contributed by atoms with E-state index in [1.165, 1.54) is 43.3 Å². The molecule has 3 amide bonds. The fourth-order valence-corrected chi connectivity index (χ4v) is 4.36. The molecule has 1 aliphatic rings. The van der Waals surface area contributed by atoms with Gasteiger partial charge in [-0.05, 0) is 73.5 Å². The Labute approximate surface area is 224 Å². The zero-order valence-electron chi connectivity index (χ0n) is 22.2. The number of nitrogens with zero attached hydrogens (tertiary/aromatic N) is 2. The third-order valence-electron chi connectivity index (χ3n) is 6.70. The zero-order valence-corrected chi connectivity index (χ0v) is 21.2. The van der Waals surface area contributed by atoms with Crippen LogP contribution in [0.1, 0.15) is 23.2 Å². The molecule has 198 valence electrons. The molecule has 5 rings (SSSR count). The van der Waals surface area contributed by atoms with Gasteiger partial charge >= 0.3 is 0 Å². The van der Waals surface area contributed by atoms with Gasteiger partial charge in [-0.15, -0.1) is 0 Å². The van der Waals surface area contributed by atoms with Gasteiger partial charge in [0.2, 0.25) is 11.8 Å². The predicted octanol–water partition coefficient (Wildman–Crippen LogP) is 4.46. The van der Waals surface area contributed by atoms with Crippen LogP contribution in [0, 0.1) is 11.2 Å². The molecule has 0 unspecified atom stereocenters. The zero-order chi connectivity index (χ0) is 28.4. The number of carbonyl (C=O) groups is 3. The summed E-state index contributed by atoms with van der Waals surface area (Å²) in [5, 5.41) is 3.18. The number of hydrogen-bond acceptors (Lipinski definition) is 6. The maximum absolute atomic E-state index is 13.6. The number of halogens is 1. The van der Waals surface area contributed by atoms with Gasteiger partial charge in [-0.3, -0.25) is 24.3 Å². The third-order valence-corrected chi connectivity index (χ3v) is 6.70. The van der Waals surface area contributed by atoms with Gasteiger partial charge in [0.1, 0.15) is 28.5 Å². The van der Waals surface area contributed by atoms with E-state index in [1.54, 1.807) is 48.7 Å². The first-order valence-electron chi connectivity index (χ1n) is 12.6. The summed E-state index contributed by atoms with van der Waals surface area (Å²) >= 11 is 0. The number of nitrogens with one attached hydrogen (secondary N) is 1. The van der Waals surface area contributed by atoms with E-state index >= 15 is 0 Å². The molecule has 39 heavy (non-hydrogen) atoms. The summed E-state index contributed by atoms with van der Waals surface area (Å²) in [4.78, 5) is 44.1. The minimum Gasteiger partial charge on any atom is -0.496 e. The van der Waals surface area contributed by atoms with Crippen molar-refractivity contribution in [3.05, 3.63) is 84.3 Å². The van der Waals surface area contributed by atoms with Crippen LogP contribution in [-0.4, -0.2) is 36.9 Å². The molecular formula is C29H25FN4O5. The van der Waals surface area contributed by atoms with Gasteiger partial charge in [-0.25, -0.2) is 4.39 Å². The average molecular weight is 530 g/mol. The van der Waals surface area contributed by atoms with E-state index in [0.717, 1.165) is 0 Å². The SMILES string of the molecule is [2H]NC(=O)C1(C(=O)N(c2ccc(F)cc2)c2ccc(Oc3ccnc4cc(OC)c(C(=O)NC)cc34)cc2)CC1. The van der Waals surface area contributed by atoms with E-state index in [9.17, 15) is 18.8 Å². The Kier molecular flexibility index (Phi) is 6.28. The fraction of sp³-hybridized carbons (Fsp3) is 0.172. The second-order valence-electron chi connectivity index (χ2n) is 9.08. The number of ether oxygens (including phenoxy) is 2. The first kappa shape index (κ1) is 24.4. The van der Waals surface area contributed by atoms with Crippen LogP contribution in [-0.2, 0) is 9.59 Å². The Hall–Kier alpha value is -4.99. The Morgan fingerprint density at radius 3 is 2.28 bits per heavy atom. The van der Waals surface area contributed by atoms with E-state index in [0.29, 0.717) is 57.9 Å². The number of carbonyl (C=O) groups excluding carboxylic acids is 3. The molecule has 1 saturated carbocycles. The van der Waals surface area contributed by atoms with Gasteiger partial charge in [-0.2, -0.15) is 0 Å². The third kappa shape index (κ3) is 4.72. The van der Waals surface area contributed by atoms with Crippen molar-refractivity contribution in [3.63, 3.8) is 0 Å². The molecule has 3 aromatic carbocycles. The van der Waals surface area contributed by atoms with Crippen molar-refractivity contribution in [2.45, 2.75) is 12.8 Å². The van der Waals surface area contributed by atoms with E-state index in [2.05, 4.69) is 10.3 Å². The number of nitrogens with two attached hydrogens (primary N) is 1. The first-order chi connectivity index (χ1) is 19.3. The summed E-state index contributed by atoms with van der Waals surface area (Å²) in [5.41, 5.74) is 2.18. The summed E-state index contributed by atoms with van der Waals surface area (Å²) in [5.74, 6) is -0.719. The van der Waals surface area contributed by atoms with Gasteiger partial charge < -0.3 is 20.5 Å². The summed E-state index contributed by atoms with van der Waals surface area (Å²) < 4.78 is 32.4. The van der Waals surface area contributed by atoms with Crippen LogP contribution in [0.2, 0.25) is 1.41 Å². The molecule has 0 aliphatic heterocycles. The number of benzene rings is 3. The standard InChI is InChI=1S/C29H25FN4O5/c1-32-26(35)22-15-21-23(16-25(22)38-2)33-14-11-24(21)39-20-9-7-19(8-10-20)34(18-5-3-17(30)4-6-18)28(37)29(12-13-29)27(31)36/h3-11,14-16H,12-13H2,1-2H3,(H2,31,36)(H,32,35)/i/hD. The molecule has 9 nitrogen and oxygen atoms in total. The molecule has 10 heteroatoms. The van der Waals surface area contributed by atoms with E-state index < -0.39 is 23.0 Å². The molecular weight excluding hydrogens is 503 g/mol. The Bertz CT molecular complexity index is 1610. The minimum atomic E-state index is -1.34. The van der Waals surface area contributed by atoms with Crippen LogP contribution in [0.3, 0.4) is 0 Å². The molecule has 0 radical (unpaired) electrons. The lowest BCUT2D eigenvalue weighted by atomic mass is 10.0. The highest BCUT2D eigenvalue weighted by Crippen LogP contribution is 2.49. The van der Waals surface area contributed by atoms with Crippen molar-refractivity contribution < 1.29 is 29.7 Å². The van der Waals surface area contributed by atoms with Crippen LogP contribution in [0.4, 0.5) is 15.8 Å². The number of aromatic nitrogens is 1. The Morgan fingerprint density at radius 2 is 1.69 bits per heavy atom. The average Bonchev–Trinajstić information content (AvgIpc) is 3.80. The molecule has 3 N–H and O–H groups in total. The quantitative estimate of drug-likeness (QED) is 0.325. The number of amides is 3. The molecule has 1 aromatic heterocycles. The molecule has 0 atom stereocenters. The predicted molar refractivity (Wildman–Crippen MR) is 143 cm³/mol. The van der Waals surface area contributed by atoms with Crippen molar-refractivity contribution >= 4 is 40.0 Å². The summed E-state index contributed by atoms with van der Waals surface area (Å²) in [7, 11) is 3.00. The van der Waals surface area contributed by atoms with Gasteiger partial charge in [0.05, 0.1) is 18.2 Å². The summed E-state index contributed by atoms with van der Waals surface area (Å²) in [6.07, 6.45) is 2.20. The van der Waals surface area contributed by atoms with Gasteiger partial charge in [0.15, 0.2) is 1.41 Å². The highest BCUT2D eigenvalue weighted by molar-refractivity contribution is 6.16. The van der Waals surface area contributed by atoms with Crippen LogP contribution in [0.15, 0.2) is 72.9 Å². The number of primary amides is 1. The molecule has 4 aromatic rings. The normalized spacial score (nSPS) is 13.7. The highest BCUT2D eigenvalue weighted by Gasteiger charge is 2.57.